The van der Waals surface area contributed by atoms with Crippen molar-refractivity contribution >= 4 is 11.6 Å². The Kier molecular flexibility index (Phi) is 4.98. The third-order valence-electron chi connectivity index (χ3n) is 4.14. The lowest BCUT2D eigenvalue weighted by Crippen LogP contribution is -2.29. The van der Waals surface area contributed by atoms with E-state index < -0.39 is 11.5 Å². The van der Waals surface area contributed by atoms with E-state index in [4.69, 9.17) is 0 Å². The van der Waals surface area contributed by atoms with Gasteiger partial charge in [-0.05, 0) is 55.3 Å². The molecule has 1 amide bonds. The maximum absolute atomic E-state index is 13.3. The number of nitrogens with zero attached hydrogens (tertiary/aromatic N) is 1. The highest BCUT2D eigenvalue weighted by Crippen LogP contribution is 2.16. The number of amides is 1. The van der Waals surface area contributed by atoms with Gasteiger partial charge in [-0.25, -0.2) is 4.39 Å². The summed E-state index contributed by atoms with van der Waals surface area (Å²) < 4.78 is 14.7. The molecule has 1 heterocycles. The van der Waals surface area contributed by atoms with Gasteiger partial charge in [0, 0.05) is 11.9 Å². The van der Waals surface area contributed by atoms with Gasteiger partial charge in [-0.15, -0.1) is 0 Å². The highest BCUT2D eigenvalue weighted by molar-refractivity contribution is 6.04. The molecule has 4 nitrogen and oxygen atoms in total. The van der Waals surface area contributed by atoms with Crippen molar-refractivity contribution in [3.63, 3.8) is 0 Å². The number of carbonyl (C=O) groups excluding carboxylic acids is 1. The van der Waals surface area contributed by atoms with Crippen molar-refractivity contribution in [1.82, 2.24) is 4.57 Å². The summed E-state index contributed by atoms with van der Waals surface area (Å²) in [7, 11) is 0. The third kappa shape index (κ3) is 3.88. The molecule has 132 valence electrons. The predicted molar refractivity (Wildman–Crippen MR) is 100 cm³/mol. The molecule has 0 saturated carbocycles. The first kappa shape index (κ1) is 17.6. The van der Waals surface area contributed by atoms with Crippen LogP contribution in [0.4, 0.5) is 10.1 Å². The molecule has 0 aliphatic heterocycles. The lowest BCUT2D eigenvalue weighted by atomic mass is 10.1. The van der Waals surface area contributed by atoms with Gasteiger partial charge in [0.15, 0.2) is 0 Å². The maximum atomic E-state index is 13.3. The Morgan fingerprint density at radius 1 is 1.08 bits per heavy atom. The van der Waals surface area contributed by atoms with E-state index in [2.05, 4.69) is 5.32 Å². The fourth-order valence-corrected chi connectivity index (χ4v) is 2.81. The summed E-state index contributed by atoms with van der Waals surface area (Å²) in [5.41, 5.74) is 2.97. The molecule has 0 saturated heterocycles. The van der Waals surface area contributed by atoms with Crippen LogP contribution in [0.25, 0.3) is 0 Å². The van der Waals surface area contributed by atoms with E-state index >= 15 is 0 Å². The SMILES string of the molecule is Cc1ccc(NC(=O)c2cccn(Cc3cccc(F)c3)c2=O)c(C)c1. The third-order valence-corrected chi connectivity index (χ3v) is 4.14. The summed E-state index contributed by atoms with van der Waals surface area (Å²) in [6.07, 6.45) is 1.58. The number of aryl methyl sites for hydroxylation is 2. The average molecular weight is 350 g/mol. The summed E-state index contributed by atoms with van der Waals surface area (Å²) >= 11 is 0. The van der Waals surface area contributed by atoms with Crippen molar-refractivity contribution in [1.29, 1.82) is 0 Å². The lowest BCUT2D eigenvalue weighted by molar-refractivity contribution is 0.102. The van der Waals surface area contributed by atoms with Crippen LogP contribution in [0.5, 0.6) is 0 Å². The largest absolute Gasteiger partial charge is 0.322 e. The van der Waals surface area contributed by atoms with Gasteiger partial charge in [0.2, 0.25) is 0 Å². The molecule has 5 heteroatoms. The molecule has 0 radical (unpaired) electrons. The number of benzene rings is 2. The molecule has 26 heavy (non-hydrogen) atoms. The number of carbonyl (C=O) groups is 1. The molecular formula is C21H19FN2O2. The van der Waals surface area contributed by atoms with Gasteiger partial charge in [-0.1, -0.05) is 29.8 Å². The first-order valence-electron chi connectivity index (χ1n) is 8.26. The minimum Gasteiger partial charge on any atom is -0.322 e. The Morgan fingerprint density at radius 3 is 2.62 bits per heavy atom. The van der Waals surface area contributed by atoms with E-state index in [1.807, 2.05) is 32.0 Å². The zero-order valence-electron chi connectivity index (χ0n) is 14.6. The number of anilines is 1. The molecule has 0 atom stereocenters. The number of aromatic nitrogens is 1. The maximum Gasteiger partial charge on any atom is 0.263 e. The van der Waals surface area contributed by atoms with Gasteiger partial charge in [0.25, 0.3) is 11.5 Å². The van der Waals surface area contributed by atoms with Crippen molar-refractivity contribution in [2.45, 2.75) is 20.4 Å². The number of hydrogen-bond acceptors (Lipinski definition) is 2. The van der Waals surface area contributed by atoms with Gasteiger partial charge in [-0.2, -0.15) is 0 Å². The zero-order valence-corrected chi connectivity index (χ0v) is 14.6. The van der Waals surface area contributed by atoms with Crippen LogP contribution in [-0.2, 0) is 6.54 Å². The minimum atomic E-state index is -0.462. The molecule has 3 rings (SSSR count). The van der Waals surface area contributed by atoms with Crippen LogP contribution < -0.4 is 10.9 Å². The van der Waals surface area contributed by atoms with Crippen molar-refractivity contribution in [2.75, 3.05) is 5.32 Å². The van der Waals surface area contributed by atoms with Gasteiger partial charge in [0.05, 0.1) is 6.54 Å². The topological polar surface area (TPSA) is 51.1 Å². The summed E-state index contributed by atoms with van der Waals surface area (Å²) in [5, 5.41) is 2.78. The summed E-state index contributed by atoms with van der Waals surface area (Å²) in [4.78, 5) is 25.2. The summed E-state index contributed by atoms with van der Waals surface area (Å²) in [6.45, 7) is 4.07. The molecule has 1 aromatic heterocycles. The number of rotatable bonds is 4. The van der Waals surface area contributed by atoms with E-state index in [0.717, 1.165) is 11.1 Å². The molecule has 0 aliphatic carbocycles. The quantitative estimate of drug-likeness (QED) is 0.776. The number of pyridine rings is 1. The Labute approximate surface area is 150 Å². The molecule has 3 aromatic rings. The second-order valence-corrected chi connectivity index (χ2v) is 6.26. The molecule has 0 bridgehead atoms. The van der Waals surface area contributed by atoms with Crippen LogP contribution in [0.3, 0.4) is 0 Å². The Hall–Kier alpha value is -3.21. The van der Waals surface area contributed by atoms with E-state index in [1.165, 1.54) is 22.8 Å². The Morgan fingerprint density at radius 2 is 1.88 bits per heavy atom. The van der Waals surface area contributed by atoms with Crippen LogP contribution in [0, 0.1) is 19.7 Å². The van der Waals surface area contributed by atoms with Gasteiger partial charge in [0.1, 0.15) is 11.4 Å². The molecular weight excluding hydrogens is 331 g/mol. The number of halogens is 1. The molecule has 1 N–H and O–H groups in total. The fourth-order valence-electron chi connectivity index (χ4n) is 2.81. The molecule has 0 unspecified atom stereocenters. The van der Waals surface area contributed by atoms with Gasteiger partial charge >= 0.3 is 0 Å². The predicted octanol–water partition coefficient (Wildman–Crippen LogP) is 3.90. The summed E-state index contributed by atoms with van der Waals surface area (Å²) in [5.74, 6) is -0.824. The first-order chi connectivity index (χ1) is 12.4. The van der Waals surface area contributed by atoms with E-state index in [-0.39, 0.29) is 17.9 Å². The normalized spacial score (nSPS) is 10.6. The van der Waals surface area contributed by atoms with Crippen molar-refractivity contribution in [3.05, 3.63) is 99.2 Å². The number of nitrogens with one attached hydrogen (secondary N) is 1. The highest BCUT2D eigenvalue weighted by atomic mass is 19.1. The van der Waals surface area contributed by atoms with Crippen LogP contribution in [0.1, 0.15) is 27.0 Å². The van der Waals surface area contributed by atoms with E-state index in [0.29, 0.717) is 11.3 Å². The molecule has 0 fully saturated rings. The van der Waals surface area contributed by atoms with Gasteiger partial charge < -0.3 is 9.88 Å². The van der Waals surface area contributed by atoms with Crippen LogP contribution >= 0.6 is 0 Å². The van der Waals surface area contributed by atoms with Gasteiger partial charge in [-0.3, -0.25) is 9.59 Å². The molecule has 0 aliphatic rings. The summed E-state index contributed by atoms with van der Waals surface area (Å²) in [6, 6.07) is 14.8. The smallest absolute Gasteiger partial charge is 0.263 e. The second-order valence-electron chi connectivity index (χ2n) is 6.26. The zero-order chi connectivity index (χ0) is 18.7. The minimum absolute atomic E-state index is 0.0453. The van der Waals surface area contributed by atoms with Crippen molar-refractivity contribution in [3.8, 4) is 0 Å². The van der Waals surface area contributed by atoms with Crippen molar-refractivity contribution < 1.29 is 9.18 Å². The van der Waals surface area contributed by atoms with E-state index in [1.54, 1.807) is 24.4 Å². The monoisotopic (exact) mass is 350 g/mol. The Bertz CT molecular complexity index is 1020. The van der Waals surface area contributed by atoms with E-state index in [9.17, 15) is 14.0 Å². The molecule has 0 spiro atoms. The lowest BCUT2D eigenvalue weighted by Gasteiger charge is -2.11. The molecule has 2 aromatic carbocycles. The van der Waals surface area contributed by atoms with Crippen LogP contribution in [-0.4, -0.2) is 10.5 Å². The van der Waals surface area contributed by atoms with Crippen molar-refractivity contribution in [2.24, 2.45) is 0 Å². The Balaban J connectivity index is 1.86. The standard InChI is InChI=1S/C21H19FN2O2/c1-14-8-9-19(15(2)11-14)23-20(25)18-7-4-10-24(21(18)26)13-16-5-3-6-17(22)12-16/h3-12H,13H2,1-2H3,(H,23,25). The highest BCUT2D eigenvalue weighted by Gasteiger charge is 2.13. The van der Waals surface area contributed by atoms with Crippen LogP contribution in [0.15, 0.2) is 65.6 Å². The van der Waals surface area contributed by atoms with Crippen LogP contribution in [0.2, 0.25) is 0 Å². The average Bonchev–Trinajstić information content (AvgIpc) is 2.59. The first-order valence-corrected chi connectivity index (χ1v) is 8.26. The number of hydrogen-bond donors (Lipinski definition) is 1. The second kappa shape index (κ2) is 7.35. The fraction of sp³-hybridized carbons (Fsp3) is 0.143.